The summed E-state index contributed by atoms with van der Waals surface area (Å²) in [5.41, 5.74) is 3.65. The van der Waals surface area contributed by atoms with Crippen LogP contribution < -0.4 is 10.2 Å². The van der Waals surface area contributed by atoms with E-state index in [1.165, 1.54) is 0 Å². The molecule has 0 saturated carbocycles. The number of benzene rings is 1. The molecular weight excluding hydrogens is 248 g/mol. The molecule has 0 amide bonds. The van der Waals surface area contributed by atoms with Crippen molar-refractivity contribution in [2.75, 3.05) is 7.11 Å². The third kappa shape index (κ3) is 3.18. The lowest BCUT2D eigenvalue weighted by atomic mass is 10.2. The Morgan fingerprint density at radius 3 is 2.72 bits per heavy atom. The molecule has 0 aliphatic rings. The number of hydrazone groups is 1. The Morgan fingerprint density at radius 1 is 1.33 bits per heavy atom. The quantitative estimate of drug-likeness (QED) is 0.521. The van der Waals surface area contributed by atoms with E-state index in [4.69, 9.17) is 21.4 Å². The highest BCUT2D eigenvalue weighted by molar-refractivity contribution is 7.80. The van der Waals surface area contributed by atoms with Crippen LogP contribution in [-0.4, -0.2) is 18.3 Å². The second-order valence-corrected chi connectivity index (χ2v) is 3.85. The van der Waals surface area contributed by atoms with Gasteiger partial charge in [0.15, 0.2) is 0 Å². The summed E-state index contributed by atoms with van der Waals surface area (Å²) in [7, 11) is 1.62. The van der Waals surface area contributed by atoms with E-state index < -0.39 is 0 Å². The van der Waals surface area contributed by atoms with Gasteiger partial charge in [-0.15, -0.1) is 0 Å². The molecule has 0 saturated heterocycles. The standard InChI is InChI=1S/C13H12N2O2S/c1-16-11-6-4-10(5-7-11)13(18)15-14-9-12-3-2-8-17-12/h2-9H,1H3,(H,15,18)/b14-9+. The molecule has 5 heteroatoms. The van der Waals surface area contributed by atoms with E-state index >= 15 is 0 Å². The molecule has 0 fully saturated rings. The number of methoxy groups -OCH3 is 1. The van der Waals surface area contributed by atoms with Crippen molar-refractivity contribution in [3.8, 4) is 5.75 Å². The second kappa shape index (κ2) is 5.97. The van der Waals surface area contributed by atoms with Gasteiger partial charge in [0.05, 0.1) is 19.6 Å². The van der Waals surface area contributed by atoms with Crippen LogP contribution in [0.5, 0.6) is 5.75 Å². The number of furan rings is 1. The number of rotatable bonds is 4. The minimum atomic E-state index is 0.542. The summed E-state index contributed by atoms with van der Waals surface area (Å²) in [6, 6.07) is 11.0. The van der Waals surface area contributed by atoms with Gasteiger partial charge in [0.25, 0.3) is 0 Å². The van der Waals surface area contributed by atoms with E-state index in [0.717, 1.165) is 11.3 Å². The number of hydrogen-bond acceptors (Lipinski definition) is 4. The summed E-state index contributed by atoms with van der Waals surface area (Å²) >= 11 is 5.20. The van der Waals surface area contributed by atoms with Gasteiger partial charge in [-0.2, -0.15) is 5.10 Å². The van der Waals surface area contributed by atoms with E-state index in [1.54, 1.807) is 25.7 Å². The zero-order valence-electron chi connectivity index (χ0n) is 9.79. The summed E-state index contributed by atoms with van der Waals surface area (Å²) < 4.78 is 10.2. The minimum Gasteiger partial charge on any atom is -0.497 e. The van der Waals surface area contributed by atoms with Crippen molar-refractivity contribution >= 4 is 23.4 Å². The lowest BCUT2D eigenvalue weighted by Crippen LogP contribution is -2.16. The smallest absolute Gasteiger partial charge is 0.146 e. The third-order valence-electron chi connectivity index (χ3n) is 2.25. The Labute approximate surface area is 110 Å². The molecule has 1 aromatic carbocycles. The second-order valence-electron chi connectivity index (χ2n) is 3.44. The summed E-state index contributed by atoms with van der Waals surface area (Å²) in [6.45, 7) is 0. The maximum atomic E-state index is 5.20. The lowest BCUT2D eigenvalue weighted by molar-refractivity contribution is 0.415. The van der Waals surface area contributed by atoms with E-state index in [2.05, 4.69) is 10.5 Å². The van der Waals surface area contributed by atoms with Crippen LogP contribution in [0.4, 0.5) is 0 Å². The van der Waals surface area contributed by atoms with Crippen LogP contribution in [0.2, 0.25) is 0 Å². The Kier molecular flexibility index (Phi) is 4.09. The van der Waals surface area contributed by atoms with Gasteiger partial charge < -0.3 is 9.15 Å². The molecule has 0 aliphatic heterocycles. The molecule has 4 nitrogen and oxygen atoms in total. The molecule has 0 atom stereocenters. The van der Waals surface area contributed by atoms with Gasteiger partial charge in [-0.25, -0.2) is 0 Å². The monoisotopic (exact) mass is 260 g/mol. The van der Waals surface area contributed by atoms with E-state index in [-0.39, 0.29) is 0 Å². The fourth-order valence-electron chi connectivity index (χ4n) is 1.33. The minimum absolute atomic E-state index is 0.542. The van der Waals surface area contributed by atoms with Gasteiger partial charge in [-0.3, -0.25) is 5.43 Å². The third-order valence-corrected chi connectivity index (χ3v) is 2.58. The first-order valence-electron chi connectivity index (χ1n) is 5.30. The molecule has 1 aromatic heterocycles. The number of thiocarbonyl (C=S) groups is 1. The first-order chi connectivity index (χ1) is 8.79. The van der Waals surface area contributed by atoms with E-state index in [9.17, 15) is 0 Å². The predicted octanol–water partition coefficient (Wildman–Crippen LogP) is 2.59. The predicted molar refractivity (Wildman–Crippen MR) is 74.1 cm³/mol. The van der Waals surface area contributed by atoms with Crippen molar-refractivity contribution in [3.63, 3.8) is 0 Å². The summed E-state index contributed by atoms with van der Waals surface area (Å²) in [5.74, 6) is 1.46. The fraction of sp³-hybridized carbons (Fsp3) is 0.0769. The van der Waals surface area contributed by atoms with Gasteiger partial charge >= 0.3 is 0 Å². The average Bonchev–Trinajstić information content (AvgIpc) is 2.92. The Balaban J connectivity index is 1.95. The molecule has 1 heterocycles. The lowest BCUT2D eigenvalue weighted by Gasteiger charge is -2.04. The zero-order chi connectivity index (χ0) is 12.8. The average molecular weight is 260 g/mol. The molecule has 1 N–H and O–H groups in total. The van der Waals surface area contributed by atoms with Crippen molar-refractivity contribution in [1.82, 2.24) is 5.43 Å². The Hall–Kier alpha value is -2.14. The molecule has 0 unspecified atom stereocenters. The number of hydrogen-bond donors (Lipinski definition) is 1. The zero-order valence-corrected chi connectivity index (χ0v) is 10.6. The van der Waals surface area contributed by atoms with Crippen LogP contribution in [0, 0.1) is 0 Å². The van der Waals surface area contributed by atoms with Gasteiger partial charge in [0.2, 0.25) is 0 Å². The van der Waals surface area contributed by atoms with Crippen LogP contribution in [0.15, 0.2) is 52.2 Å². The molecule has 0 aliphatic carbocycles. The van der Waals surface area contributed by atoms with Gasteiger partial charge in [-0.05, 0) is 36.4 Å². The van der Waals surface area contributed by atoms with Crippen molar-refractivity contribution in [2.45, 2.75) is 0 Å². The summed E-state index contributed by atoms with van der Waals surface area (Å²) in [4.78, 5) is 0.542. The highest BCUT2D eigenvalue weighted by Crippen LogP contribution is 2.11. The normalized spacial score (nSPS) is 10.5. The fourth-order valence-corrected chi connectivity index (χ4v) is 1.51. The molecule has 92 valence electrons. The molecule has 2 rings (SSSR count). The van der Waals surface area contributed by atoms with Crippen LogP contribution >= 0.6 is 12.2 Å². The molecular formula is C13H12N2O2S. The number of ether oxygens (including phenoxy) is 1. The molecule has 18 heavy (non-hydrogen) atoms. The molecule has 0 spiro atoms. The van der Waals surface area contributed by atoms with Crippen LogP contribution in [-0.2, 0) is 0 Å². The van der Waals surface area contributed by atoms with E-state index in [0.29, 0.717) is 10.7 Å². The van der Waals surface area contributed by atoms with Crippen LogP contribution in [0.25, 0.3) is 0 Å². The van der Waals surface area contributed by atoms with Crippen LogP contribution in [0.1, 0.15) is 11.3 Å². The maximum Gasteiger partial charge on any atom is 0.146 e. The Morgan fingerprint density at radius 2 is 2.11 bits per heavy atom. The first-order valence-corrected chi connectivity index (χ1v) is 5.71. The van der Waals surface area contributed by atoms with Gasteiger partial charge in [0.1, 0.15) is 16.5 Å². The Bertz CT molecular complexity index is 533. The number of nitrogens with zero attached hydrogens (tertiary/aromatic N) is 1. The highest BCUT2D eigenvalue weighted by atomic mass is 32.1. The molecule has 2 aromatic rings. The maximum absolute atomic E-state index is 5.20. The largest absolute Gasteiger partial charge is 0.497 e. The highest BCUT2D eigenvalue weighted by Gasteiger charge is 1.99. The molecule has 0 bridgehead atoms. The van der Waals surface area contributed by atoms with Crippen LogP contribution in [0.3, 0.4) is 0 Å². The van der Waals surface area contributed by atoms with Gasteiger partial charge in [-0.1, -0.05) is 12.2 Å². The van der Waals surface area contributed by atoms with Crippen molar-refractivity contribution in [2.24, 2.45) is 5.10 Å². The summed E-state index contributed by atoms with van der Waals surface area (Å²) in [6.07, 6.45) is 3.15. The number of nitrogens with one attached hydrogen (secondary N) is 1. The summed E-state index contributed by atoms with van der Waals surface area (Å²) in [5, 5.41) is 3.99. The topological polar surface area (TPSA) is 46.8 Å². The SMILES string of the molecule is COc1ccc(C(=S)N/N=C/c2ccco2)cc1. The first kappa shape index (κ1) is 12.3. The van der Waals surface area contributed by atoms with Crippen molar-refractivity contribution in [1.29, 1.82) is 0 Å². The van der Waals surface area contributed by atoms with Crippen molar-refractivity contribution < 1.29 is 9.15 Å². The molecule has 0 radical (unpaired) electrons. The van der Waals surface area contributed by atoms with Gasteiger partial charge in [0, 0.05) is 5.56 Å². The van der Waals surface area contributed by atoms with Crippen molar-refractivity contribution in [3.05, 3.63) is 54.0 Å². The van der Waals surface area contributed by atoms with E-state index in [1.807, 2.05) is 30.3 Å².